The first-order chi connectivity index (χ1) is 8.56. The van der Waals surface area contributed by atoms with Crippen molar-refractivity contribution >= 4 is 0 Å². The van der Waals surface area contributed by atoms with Crippen LogP contribution in [-0.2, 0) is 0 Å². The van der Waals surface area contributed by atoms with Gasteiger partial charge in [0.15, 0.2) is 0 Å². The maximum absolute atomic E-state index is 9.82. The second kappa shape index (κ2) is 5.75. The Bertz CT molecular complexity index is 390. The molecule has 0 saturated heterocycles. The first-order valence-electron chi connectivity index (χ1n) is 7.01. The van der Waals surface area contributed by atoms with Gasteiger partial charge in [-0.1, -0.05) is 18.6 Å². The Balaban J connectivity index is 2.09. The van der Waals surface area contributed by atoms with Gasteiger partial charge in [0.2, 0.25) is 0 Å². The molecule has 0 bridgehead atoms. The molecule has 1 N–H and O–H groups in total. The molecule has 1 aromatic carbocycles. The fourth-order valence-electron chi connectivity index (χ4n) is 2.63. The Labute approximate surface area is 110 Å². The first kappa shape index (κ1) is 13.4. The Morgan fingerprint density at radius 3 is 2.50 bits per heavy atom. The highest BCUT2D eigenvalue weighted by Crippen LogP contribution is 2.31. The molecule has 1 aliphatic rings. The Morgan fingerprint density at radius 1 is 1.22 bits per heavy atom. The fraction of sp³-hybridized carbons (Fsp3) is 0.625. The van der Waals surface area contributed by atoms with E-state index < -0.39 is 6.10 Å². The van der Waals surface area contributed by atoms with Crippen molar-refractivity contribution in [3.63, 3.8) is 0 Å². The van der Waals surface area contributed by atoms with E-state index in [9.17, 15) is 5.11 Å². The van der Waals surface area contributed by atoms with Gasteiger partial charge in [-0.3, -0.25) is 0 Å². The van der Waals surface area contributed by atoms with E-state index in [-0.39, 0.29) is 0 Å². The van der Waals surface area contributed by atoms with Gasteiger partial charge in [-0.05, 0) is 57.6 Å². The number of ether oxygens (including phenoxy) is 1. The summed E-state index contributed by atoms with van der Waals surface area (Å²) < 4.78 is 6.09. The standard InChI is InChI=1S/C16H24O2/c1-11-4-7-14(8-5-11)18-16-9-6-12(2)10-15(16)13(3)17/h6,9-11,13-14,17H,4-5,7-8H2,1-3H3/t11?,13-,14?/m1/s1. The van der Waals surface area contributed by atoms with Gasteiger partial charge in [-0.25, -0.2) is 0 Å². The summed E-state index contributed by atoms with van der Waals surface area (Å²) in [7, 11) is 0. The van der Waals surface area contributed by atoms with Crippen LogP contribution in [0.4, 0.5) is 0 Å². The molecule has 1 saturated carbocycles. The van der Waals surface area contributed by atoms with Crippen molar-refractivity contribution in [1.29, 1.82) is 0 Å². The molecule has 0 heterocycles. The number of aliphatic hydroxyl groups is 1. The molecule has 1 aliphatic carbocycles. The van der Waals surface area contributed by atoms with Crippen molar-refractivity contribution in [3.05, 3.63) is 29.3 Å². The minimum atomic E-state index is -0.470. The summed E-state index contributed by atoms with van der Waals surface area (Å²) in [5, 5.41) is 9.82. The number of aryl methyl sites for hydroxylation is 1. The molecule has 1 fully saturated rings. The van der Waals surface area contributed by atoms with Gasteiger partial charge in [0, 0.05) is 5.56 Å². The average Bonchev–Trinajstić information content (AvgIpc) is 2.34. The monoisotopic (exact) mass is 248 g/mol. The molecule has 2 heteroatoms. The first-order valence-corrected chi connectivity index (χ1v) is 7.01. The fourth-order valence-corrected chi connectivity index (χ4v) is 2.63. The number of hydrogen-bond acceptors (Lipinski definition) is 2. The smallest absolute Gasteiger partial charge is 0.125 e. The van der Waals surface area contributed by atoms with E-state index in [0.717, 1.165) is 35.6 Å². The zero-order valence-electron chi connectivity index (χ0n) is 11.6. The topological polar surface area (TPSA) is 29.5 Å². The third-order valence-electron chi connectivity index (χ3n) is 3.87. The predicted octanol–water partition coefficient (Wildman–Crippen LogP) is 4.01. The molecule has 0 radical (unpaired) electrons. The maximum atomic E-state index is 9.82. The van der Waals surface area contributed by atoms with E-state index >= 15 is 0 Å². The summed E-state index contributed by atoms with van der Waals surface area (Å²) in [5.74, 6) is 1.69. The van der Waals surface area contributed by atoms with Crippen molar-refractivity contribution in [3.8, 4) is 5.75 Å². The summed E-state index contributed by atoms with van der Waals surface area (Å²) in [5.41, 5.74) is 2.07. The average molecular weight is 248 g/mol. The molecule has 2 rings (SSSR count). The summed E-state index contributed by atoms with van der Waals surface area (Å²) in [6.07, 6.45) is 4.62. The normalized spacial score (nSPS) is 25.8. The SMILES string of the molecule is Cc1ccc(OC2CCC(C)CC2)c([C@@H](C)O)c1. The molecule has 0 amide bonds. The van der Waals surface area contributed by atoms with Gasteiger partial charge in [-0.15, -0.1) is 0 Å². The van der Waals surface area contributed by atoms with Crippen LogP contribution in [0.3, 0.4) is 0 Å². The van der Waals surface area contributed by atoms with Crippen LogP contribution >= 0.6 is 0 Å². The van der Waals surface area contributed by atoms with Crippen LogP contribution in [0.2, 0.25) is 0 Å². The molecule has 0 aromatic heterocycles. The number of benzene rings is 1. The zero-order valence-corrected chi connectivity index (χ0v) is 11.6. The van der Waals surface area contributed by atoms with E-state index in [4.69, 9.17) is 4.74 Å². The van der Waals surface area contributed by atoms with Crippen LogP contribution in [0.5, 0.6) is 5.75 Å². The largest absolute Gasteiger partial charge is 0.490 e. The molecule has 100 valence electrons. The lowest BCUT2D eigenvalue weighted by molar-refractivity contribution is 0.126. The molecular weight excluding hydrogens is 224 g/mol. The lowest BCUT2D eigenvalue weighted by Gasteiger charge is -2.28. The third-order valence-corrected chi connectivity index (χ3v) is 3.87. The van der Waals surface area contributed by atoms with Gasteiger partial charge in [-0.2, -0.15) is 0 Å². The minimum Gasteiger partial charge on any atom is -0.490 e. The van der Waals surface area contributed by atoms with Crippen molar-refractivity contribution in [2.45, 2.75) is 58.7 Å². The van der Waals surface area contributed by atoms with Gasteiger partial charge in [0.1, 0.15) is 5.75 Å². The van der Waals surface area contributed by atoms with Crippen LogP contribution < -0.4 is 4.74 Å². The zero-order chi connectivity index (χ0) is 13.1. The third kappa shape index (κ3) is 3.26. The van der Waals surface area contributed by atoms with Crippen molar-refractivity contribution in [2.24, 2.45) is 5.92 Å². The van der Waals surface area contributed by atoms with E-state index in [1.54, 1.807) is 6.92 Å². The summed E-state index contributed by atoms with van der Waals surface area (Å²) in [6, 6.07) is 6.06. The number of rotatable bonds is 3. The molecule has 2 nitrogen and oxygen atoms in total. The predicted molar refractivity (Wildman–Crippen MR) is 73.9 cm³/mol. The van der Waals surface area contributed by atoms with Crippen LogP contribution in [-0.4, -0.2) is 11.2 Å². The van der Waals surface area contributed by atoms with Crippen LogP contribution in [0.1, 0.15) is 56.8 Å². The summed E-state index contributed by atoms with van der Waals surface area (Å²) >= 11 is 0. The van der Waals surface area contributed by atoms with E-state index in [2.05, 4.69) is 6.92 Å². The highest BCUT2D eigenvalue weighted by molar-refractivity contribution is 5.38. The molecule has 0 unspecified atom stereocenters. The Hall–Kier alpha value is -1.02. The Morgan fingerprint density at radius 2 is 1.89 bits per heavy atom. The molecule has 1 atom stereocenters. The number of hydrogen-bond donors (Lipinski definition) is 1. The van der Waals surface area contributed by atoms with Crippen LogP contribution in [0.15, 0.2) is 18.2 Å². The van der Waals surface area contributed by atoms with Gasteiger partial charge >= 0.3 is 0 Å². The van der Waals surface area contributed by atoms with Gasteiger partial charge in [0.25, 0.3) is 0 Å². The second-order valence-electron chi connectivity index (χ2n) is 5.72. The highest BCUT2D eigenvalue weighted by Gasteiger charge is 2.21. The van der Waals surface area contributed by atoms with Gasteiger partial charge < -0.3 is 9.84 Å². The number of aliphatic hydroxyl groups excluding tert-OH is 1. The lowest BCUT2D eigenvalue weighted by Crippen LogP contribution is -2.23. The summed E-state index contributed by atoms with van der Waals surface area (Å²) in [4.78, 5) is 0. The van der Waals surface area contributed by atoms with E-state index in [1.165, 1.54) is 12.8 Å². The van der Waals surface area contributed by atoms with Crippen LogP contribution in [0, 0.1) is 12.8 Å². The van der Waals surface area contributed by atoms with Crippen molar-refractivity contribution < 1.29 is 9.84 Å². The van der Waals surface area contributed by atoms with E-state index in [1.807, 2.05) is 25.1 Å². The molecule has 18 heavy (non-hydrogen) atoms. The van der Waals surface area contributed by atoms with Crippen molar-refractivity contribution in [1.82, 2.24) is 0 Å². The lowest BCUT2D eigenvalue weighted by atomic mass is 9.89. The van der Waals surface area contributed by atoms with E-state index in [0.29, 0.717) is 6.10 Å². The molecule has 0 spiro atoms. The van der Waals surface area contributed by atoms with Gasteiger partial charge in [0.05, 0.1) is 12.2 Å². The molecular formula is C16H24O2. The maximum Gasteiger partial charge on any atom is 0.125 e. The summed E-state index contributed by atoms with van der Waals surface area (Å²) in [6.45, 7) is 6.14. The second-order valence-corrected chi connectivity index (χ2v) is 5.72. The Kier molecular flexibility index (Phi) is 4.28. The quantitative estimate of drug-likeness (QED) is 0.876. The van der Waals surface area contributed by atoms with Crippen molar-refractivity contribution in [2.75, 3.05) is 0 Å². The van der Waals surface area contributed by atoms with Crippen LogP contribution in [0.25, 0.3) is 0 Å². The highest BCUT2D eigenvalue weighted by atomic mass is 16.5. The molecule has 0 aliphatic heterocycles. The molecule has 1 aromatic rings. The minimum absolute atomic E-state index is 0.321.